The minimum atomic E-state index is -0.150. The normalized spacial score (nSPS) is 15.3. The Morgan fingerprint density at radius 2 is 2.47 bits per heavy atom. The van der Waals surface area contributed by atoms with Crippen LogP contribution in [-0.2, 0) is 0 Å². The number of hydrogen-bond donors (Lipinski definition) is 1. The van der Waals surface area contributed by atoms with Crippen LogP contribution in [0.3, 0.4) is 0 Å². The Labute approximate surface area is 87.7 Å². The van der Waals surface area contributed by atoms with E-state index < -0.39 is 0 Å². The average Bonchev–Trinajstić information content (AvgIpc) is 2.96. The molecule has 5 heteroatoms. The first kappa shape index (κ1) is 10.2. The summed E-state index contributed by atoms with van der Waals surface area (Å²) < 4.78 is 4.85. The van der Waals surface area contributed by atoms with Crippen LogP contribution >= 0.6 is 0 Å². The van der Waals surface area contributed by atoms with Gasteiger partial charge in [0.05, 0.1) is 6.61 Å². The maximum Gasteiger partial charge on any atom is 0.276 e. The molecule has 1 aliphatic rings. The van der Waals surface area contributed by atoms with Crippen LogP contribution < -0.4 is 0 Å². The van der Waals surface area contributed by atoms with Gasteiger partial charge in [-0.2, -0.15) is 0 Å². The molecule has 0 radical (unpaired) electrons. The van der Waals surface area contributed by atoms with E-state index in [1.54, 1.807) is 17.9 Å². The molecule has 0 atom stereocenters. The fourth-order valence-electron chi connectivity index (χ4n) is 1.56. The summed E-state index contributed by atoms with van der Waals surface area (Å²) in [6.45, 7) is 2.10. The van der Waals surface area contributed by atoms with E-state index in [2.05, 4.69) is 5.16 Å². The fraction of sp³-hybridized carbons (Fsp3) is 0.600. The average molecular weight is 210 g/mol. The Morgan fingerprint density at radius 3 is 2.93 bits per heavy atom. The number of amides is 1. The molecule has 5 nitrogen and oxygen atoms in total. The molecule has 0 aliphatic heterocycles. The predicted molar refractivity (Wildman–Crippen MR) is 52.4 cm³/mol. The summed E-state index contributed by atoms with van der Waals surface area (Å²) >= 11 is 0. The second-order valence-corrected chi connectivity index (χ2v) is 3.78. The number of aryl methyl sites for hydroxylation is 1. The third-order valence-electron chi connectivity index (χ3n) is 2.44. The summed E-state index contributed by atoms with van der Waals surface area (Å²) in [7, 11) is 0. The highest BCUT2D eigenvalue weighted by Crippen LogP contribution is 2.27. The van der Waals surface area contributed by atoms with Gasteiger partial charge in [-0.05, 0) is 19.8 Å². The van der Waals surface area contributed by atoms with Crippen LogP contribution in [-0.4, -0.2) is 40.3 Å². The zero-order chi connectivity index (χ0) is 10.8. The van der Waals surface area contributed by atoms with Crippen molar-refractivity contribution in [2.45, 2.75) is 25.8 Å². The van der Waals surface area contributed by atoms with Gasteiger partial charge in [-0.1, -0.05) is 5.16 Å². The van der Waals surface area contributed by atoms with E-state index >= 15 is 0 Å². The number of aliphatic hydroxyl groups excluding tert-OH is 1. The van der Waals surface area contributed by atoms with Crippen LogP contribution in [0, 0.1) is 6.92 Å². The van der Waals surface area contributed by atoms with Gasteiger partial charge in [0.15, 0.2) is 5.69 Å². The third kappa shape index (κ3) is 2.18. The molecule has 82 valence electrons. The largest absolute Gasteiger partial charge is 0.395 e. The van der Waals surface area contributed by atoms with E-state index in [0.717, 1.165) is 12.8 Å². The molecule has 1 aromatic rings. The molecule has 1 heterocycles. The zero-order valence-electron chi connectivity index (χ0n) is 8.64. The van der Waals surface area contributed by atoms with Gasteiger partial charge in [0.2, 0.25) is 0 Å². The number of aliphatic hydroxyl groups is 1. The van der Waals surface area contributed by atoms with E-state index in [1.807, 2.05) is 0 Å². The van der Waals surface area contributed by atoms with Gasteiger partial charge in [-0.15, -0.1) is 0 Å². The maximum absolute atomic E-state index is 11.9. The van der Waals surface area contributed by atoms with Crippen molar-refractivity contribution in [3.05, 3.63) is 17.5 Å². The molecular weight excluding hydrogens is 196 g/mol. The van der Waals surface area contributed by atoms with Crippen molar-refractivity contribution in [3.63, 3.8) is 0 Å². The van der Waals surface area contributed by atoms with Crippen molar-refractivity contribution in [3.8, 4) is 0 Å². The van der Waals surface area contributed by atoms with E-state index in [-0.39, 0.29) is 18.6 Å². The van der Waals surface area contributed by atoms with Crippen LogP contribution in [0.4, 0.5) is 0 Å². The topological polar surface area (TPSA) is 66.6 Å². The molecule has 0 saturated heterocycles. The lowest BCUT2D eigenvalue weighted by molar-refractivity contribution is 0.0697. The van der Waals surface area contributed by atoms with E-state index in [0.29, 0.717) is 18.0 Å². The van der Waals surface area contributed by atoms with Gasteiger partial charge in [-0.3, -0.25) is 4.79 Å². The third-order valence-corrected chi connectivity index (χ3v) is 2.44. The van der Waals surface area contributed by atoms with Crippen LogP contribution in [0.15, 0.2) is 10.6 Å². The molecule has 15 heavy (non-hydrogen) atoms. The van der Waals surface area contributed by atoms with Crippen LogP contribution in [0.2, 0.25) is 0 Å². The molecule has 1 fully saturated rings. The molecule has 0 spiro atoms. The van der Waals surface area contributed by atoms with E-state index in [4.69, 9.17) is 9.63 Å². The van der Waals surface area contributed by atoms with Crippen molar-refractivity contribution in [2.24, 2.45) is 0 Å². The number of nitrogens with zero attached hydrogens (tertiary/aromatic N) is 2. The summed E-state index contributed by atoms with van der Waals surface area (Å²) in [6.07, 6.45) is 2.03. The number of rotatable bonds is 4. The summed E-state index contributed by atoms with van der Waals surface area (Å²) in [6, 6.07) is 1.90. The molecule has 1 amide bonds. The van der Waals surface area contributed by atoms with Crippen LogP contribution in [0.25, 0.3) is 0 Å². The highest BCUT2D eigenvalue weighted by Gasteiger charge is 2.33. The molecule has 1 aliphatic carbocycles. The lowest BCUT2D eigenvalue weighted by atomic mass is 10.3. The van der Waals surface area contributed by atoms with Gasteiger partial charge >= 0.3 is 0 Å². The van der Waals surface area contributed by atoms with Crippen molar-refractivity contribution in [1.29, 1.82) is 0 Å². The Bertz CT molecular complexity index is 357. The first-order valence-corrected chi connectivity index (χ1v) is 5.07. The van der Waals surface area contributed by atoms with Crippen LogP contribution in [0.5, 0.6) is 0 Å². The van der Waals surface area contributed by atoms with E-state index in [1.165, 1.54) is 0 Å². The van der Waals surface area contributed by atoms with Crippen molar-refractivity contribution < 1.29 is 14.4 Å². The van der Waals surface area contributed by atoms with Gasteiger partial charge in [0.25, 0.3) is 5.91 Å². The lowest BCUT2D eigenvalue weighted by Crippen LogP contribution is -2.35. The fourth-order valence-corrected chi connectivity index (χ4v) is 1.56. The standard InChI is InChI=1S/C10H14N2O3/c1-7-6-9(11-15-7)10(14)12(4-5-13)8-2-3-8/h6,8,13H,2-5H2,1H3. The number of aromatic nitrogens is 1. The maximum atomic E-state index is 11.9. The molecule has 0 unspecified atom stereocenters. The van der Waals surface area contributed by atoms with Crippen molar-refractivity contribution >= 4 is 5.91 Å². The summed E-state index contributed by atoms with van der Waals surface area (Å²) in [5, 5.41) is 12.6. The molecule has 0 aromatic carbocycles. The molecule has 1 aromatic heterocycles. The zero-order valence-corrected chi connectivity index (χ0v) is 8.64. The second-order valence-electron chi connectivity index (χ2n) is 3.78. The Hall–Kier alpha value is -1.36. The van der Waals surface area contributed by atoms with Crippen molar-refractivity contribution in [2.75, 3.05) is 13.2 Å². The molecule has 0 bridgehead atoms. The molecule has 2 rings (SSSR count). The minimum absolute atomic E-state index is 0.0148. The lowest BCUT2D eigenvalue weighted by Gasteiger charge is -2.19. The number of hydrogen-bond acceptors (Lipinski definition) is 4. The highest BCUT2D eigenvalue weighted by atomic mass is 16.5. The number of carbonyl (C=O) groups excluding carboxylic acids is 1. The summed E-state index contributed by atoms with van der Waals surface area (Å²) in [4.78, 5) is 13.6. The molecule has 1 N–H and O–H groups in total. The monoisotopic (exact) mass is 210 g/mol. The first-order chi connectivity index (χ1) is 7.22. The van der Waals surface area contributed by atoms with Gasteiger partial charge in [0.1, 0.15) is 5.76 Å². The Morgan fingerprint density at radius 1 is 1.73 bits per heavy atom. The van der Waals surface area contributed by atoms with E-state index in [9.17, 15) is 4.79 Å². The number of carbonyl (C=O) groups is 1. The summed E-state index contributed by atoms with van der Waals surface area (Å²) in [5.41, 5.74) is 0.327. The smallest absolute Gasteiger partial charge is 0.276 e. The highest BCUT2D eigenvalue weighted by molar-refractivity contribution is 5.92. The molecular formula is C10H14N2O3. The van der Waals surface area contributed by atoms with Crippen LogP contribution in [0.1, 0.15) is 29.1 Å². The summed E-state index contributed by atoms with van der Waals surface area (Å²) in [5.74, 6) is 0.474. The Kier molecular flexibility index (Phi) is 2.73. The second kappa shape index (κ2) is 4.02. The van der Waals surface area contributed by atoms with Gasteiger partial charge in [-0.25, -0.2) is 0 Å². The van der Waals surface area contributed by atoms with Crippen molar-refractivity contribution in [1.82, 2.24) is 10.1 Å². The first-order valence-electron chi connectivity index (χ1n) is 5.07. The van der Waals surface area contributed by atoms with Gasteiger partial charge in [0, 0.05) is 18.7 Å². The van der Waals surface area contributed by atoms with Gasteiger partial charge < -0.3 is 14.5 Å². The Balaban J connectivity index is 2.10. The SMILES string of the molecule is Cc1cc(C(=O)N(CCO)C2CC2)no1. The molecule has 1 saturated carbocycles. The minimum Gasteiger partial charge on any atom is -0.395 e. The predicted octanol–water partition coefficient (Wildman–Crippen LogP) is 0.580. The quantitative estimate of drug-likeness (QED) is 0.789.